The molecule has 0 fully saturated rings. The van der Waals surface area contributed by atoms with Gasteiger partial charge in [-0.2, -0.15) is 0 Å². The number of aliphatic carboxylic acids is 1. The predicted octanol–water partition coefficient (Wildman–Crippen LogP) is 3.26. The van der Waals surface area contributed by atoms with Crippen molar-refractivity contribution in [2.45, 2.75) is 29.3 Å². The highest BCUT2D eigenvalue weighted by Crippen LogP contribution is 2.45. The maximum absolute atomic E-state index is 12.2. The van der Waals surface area contributed by atoms with Gasteiger partial charge in [-0.3, -0.25) is 4.79 Å². The van der Waals surface area contributed by atoms with Crippen LogP contribution in [0.5, 0.6) is 11.5 Å². The SMILES string of the molecule is COc1ccc(C(Br)C(Br)C(=O)O)c2c1C(=O)OC(C)(C)O2. The van der Waals surface area contributed by atoms with E-state index >= 15 is 0 Å². The first-order chi connectivity index (χ1) is 10.2. The molecule has 8 heteroatoms. The fraction of sp³-hybridized carbons (Fsp3) is 0.429. The van der Waals surface area contributed by atoms with E-state index in [-0.39, 0.29) is 11.3 Å². The Morgan fingerprint density at radius 3 is 2.50 bits per heavy atom. The van der Waals surface area contributed by atoms with Crippen molar-refractivity contribution < 1.29 is 28.9 Å². The molecular weight excluding hydrogens is 424 g/mol. The first-order valence-corrected chi connectivity index (χ1v) is 8.15. The summed E-state index contributed by atoms with van der Waals surface area (Å²) >= 11 is 6.44. The first kappa shape index (κ1) is 17.1. The van der Waals surface area contributed by atoms with Crippen LogP contribution in [0, 0.1) is 0 Å². The minimum atomic E-state index is -1.15. The summed E-state index contributed by atoms with van der Waals surface area (Å²) in [7, 11) is 1.43. The number of carboxylic acid groups (broad SMARTS) is 1. The molecule has 0 amide bonds. The second-order valence-electron chi connectivity index (χ2n) is 5.09. The van der Waals surface area contributed by atoms with Crippen LogP contribution in [0.3, 0.4) is 0 Å². The fourth-order valence-corrected chi connectivity index (χ4v) is 2.97. The molecule has 1 heterocycles. The van der Waals surface area contributed by atoms with Crippen LogP contribution >= 0.6 is 31.9 Å². The third-order valence-corrected chi connectivity index (χ3v) is 5.70. The van der Waals surface area contributed by atoms with Crippen molar-refractivity contribution in [1.29, 1.82) is 0 Å². The fourth-order valence-electron chi connectivity index (χ4n) is 2.09. The maximum atomic E-state index is 12.2. The normalized spacial score (nSPS) is 18.5. The number of hydrogen-bond donors (Lipinski definition) is 1. The molecule has 0 radical (unpaired) electrons. The number of esters is 1. The second kappa shape index (κ2) is 6.08. The topological polar surface area (TPSA) is 82.1 Å². The van der Waals surface area contributed by atoms with Gasteiger partial charge >= 0.3 is 11.9 Å². The molecule has 1 aliphatic rings. The first-order valence-electron chi connectivity index (χ1n) is 6.32. The van der Waals surface area contributed by atoms with E-state index in [2.05, 4.69) is 31.9 Å². The number of carbonyl (C=O) groups excluding carboxylic acids is 1. The van der Waals surface area contributed by atoms with E-state index in [9.17, 15) is 9.59 Å². The highest BCUT2D eigenvalue weighted by Gasteiger charge is 2.40. The third-order valence-electron chi connectivity index (χ3n) is 3.05. The molecule has 0 aliphatic carbocycles. The average Bonchev–Trinajstić information content (AvgIpc) is 2.43. The zero-order valence-electron chi connectivity index (χ0n) is 12.1. The highest BCUT2D eigenvalue weighted by molar-refractivity contribution is 9.12. The van der Waals surface area contributed by atoms with E-state index in [1.807, 2.05) is 0 Å². The van der Waals surface area contributed by atoms with Crippen LogP contribution in [-0.2, 0) is 9.53 Å². The molecule has 6 nitrogen and oxygen atoms in total. The van der Waals surface area contributed by atoms with E-state index in [0.29, 0.717) is 11.3 Å². The highest BCUT2D eigenvalue weighted by atomic mass is 79.9. The summed E-state index contributed by atoms with van der Waals surface area (Å²) in [6.07, 6.45) is 0. The summed E-state index contributed by atoms with van der Waals surface area (Å²) in [5.74, 6) is -2.20. The number of carboxylic acids is 1. The molecule has 0 aromatic heterocycles. The monoisotopic (exact) mass is 436 g/mol. The number of benzene rings is 1. The van der Waals surface area contributed by atoms with Crippen LogP contribution in [0.2, 0.25) is 0 Å². The number of methoxy groups -OCH3 is 1. The Bertz CT molecular complexity index is 628. The Morgan fingerprint density at radius 2 is 1.95 bits per heavy atom. The number of halogens is 2. The molecule has 120 valence electrons. The lowest BCUT2D eigenvalue weighted by Gasteiger charge is -2.34. The van der Waals surface area contributed by atoms with Gasteiger partial charge in [-0.05, 0) is 6.07 Å². The van der Waals surface area contributed by atoms with Gasteiger partial charge in [-0.25, -0.2) is 4.79 Å². The van der Waals surface area contributed by atoms with Crippen molar-refractivity contribution in [2.75, 3.05) is 7.11 Å². The molecule has 1 aromatic rings. The molecule has 2 atom stereocenters. The van der Waals surface area contributed by atoms with Crippen LogP contribution in [0.15, 0.2) is 12.1 Å². The largest absolute Gasteiger partial charge is 0.496 e. The van der Waals surface area contributed by atoms with Crippen LogP contribution < -0.4 is 9.47 Å². The van der Waals surface area contributed by atoms with Crippen molar-refractivity contribution in [3.63, 3.8) is 0 Å². The zero-order chi connectivity index (χ0) is 16.7. The standard InChI is InChI=1S/C14H14Br2O6/c1-14(2)21-11-6(9(15)10(16)12(17)18)4-5-7(20-3)8(11)13(19)22-14/h4-5,9-10H,1-3H3,(H,17,18). The van der Waals surface area contributed by atoms with Gasteiger partial charge < -0.3 is 19.3 Å². The van der Waals surface area contributed by atoms with E-state index in [1.54, 1.807) is 26.0 Å². The van der Waals surface area contributed by atoms with Gasteiger partial charge in [-0.1, -0.05) is 37.9 Å². The van der Waals surface area contributed by atoms with Gasteiger partial charge in [0.1, 0.15) is 21.9 Å². The summed E-state index contributed by atoms with van der Waals surface area (Å²) in [6, 6.07) is 3.23. The van der Waals surface area contributed by atoms with Crippen LogP contribution in [0.4, 0.5) is 0 Å². The summed E-state index contributed by atoms with van der Waals surface area (Å²) in [4.78, 5) is 21.9. The quantitative estimate of drug-likeness (QED) is 0.575. The van der Waals surface area contributed by atoms with E-state index < -0.39 is 27.4 Å². The number of ether oxygens (including phenoxy) is 3. The zero-order valence-corrected chi connectivity index (χ0v) is 15.2. The second-order valence-corrected chi connectivity index (χ2v) is 7.07. The Morgan fingerprint density at radius 1 is 1.32 bits per heavy atom. The van der Waals surface area contributed by atoms with Crippen molar-refractivity contribution in [1.82, 2.24) is 0 Å². The van der Waals surface area contributed by atoms with Crippen LogP contribution in [0.25, 0.3) is 0 Å². The van der Waals surface area contributed by atoms with Crippen LogP contribution in [-0.4, -0.2) is 34.8 Å². The molecule has 0 saturated carbocycles. The van der Waals surface area contributed by atoms with Crippen molar-refractivity contribution in [3.8, 4) is 11.5 Å². The van der Waals surface area contributed by atoms with Crippen LogP contribution in [0.1, 0.15) is 34.6 Å². The van der Waals surface area contributed by atoms with E-state index in [1.165, 1.54) is 7.11 Å². The summed E-state index contributed by atoms with van der Waals surface area (Å²) in [5, 5.41) is 9.14. The molecule has 22 heavy (non-hydrogen) atoms. The Balaban J connectivity index is 2.61. The number of carbonyl (C=O) groups is 2. The van der Waals surface area contributed by atoms with Gasteiger partial charge in [0.2, 0.25) is 5.79 Å². The molecular formula is C14H14Br2O6. The predicted molar refractivity (Wildman–Crippen MR) is 85.1 cm³/mol. The number of alkyl halides is 2. The third kappa shape index (κ3) is 3.08. The minimum Gasteiger partial charge on any atom is -0.496 e. The Labute approximate surface area is 144 Å². The van der Waals surface area contributed by atoms with Gasteiger partial charge in [0.25, 0.3) is 0 Å². The molecule has 1 aliphatic heterocycles. The van der Waals surface area contributed by atoms with Gasteiger partial charge in [-0.15, -0.1) is 0 Å². The number of fused-ring (bicyclic) bond motifs is 1. The Hall–Kier alpha value is -1.28. The molecule has 1 N–H and O–H groups in total. The average molecular weight is 438 g/mol. The molecule has 0 saturated heterocycles. The molecule has 1 aromatic carbocycles. The van der Waals surface area contributed by atoms with Crippen molar-refractivity contribution >= 4 is 43.8 Å². The van der Waals surface area contributed by atoms with Crippen molar-refractivity contribution in [3.05, 3.63) is 23.3 Å². The minimum absolute atomic E-state index is 0.147. The molecule has 2 rings (SSSR count). The Kier molecular flexibility index (Phi) is 4.72. The van der Waals surface area contributed by atoms with Gasteiger partial charge in [0.15, 0.2) is 0 Å². The number of rotatable bonds is 4. The van der Waals surface area contributed by atoms with Gasteiger partial charge in [0.05, 0.1) is 11.9 Å². The lowest BCUT2D eigenvalue weighted by molar-refractivity contribution is -0.136. The van der Waals surface area contributed by atoms with E-state index in [0.717, 1.165) is 0 Å². The molecule has 2 unspecified atom stereocenters. The van der Waals surface area contributed by atoms with E-state index in [4.69, 9.17) is 19.3 Å². The van der Waals surface area contributed by atoms with Gasteiger partial charge in [0, 0.05) is 19.4 Å². The van der Waals surface area contributed by atoms with Crippen molar-refractivity contribution in [2.24, 2.45) is 0 Å². The lowest BCUT2D eigenvalue weighted by atomic mass is 10.0. The summed E-state index contributed by atoms with van der Waals surface area (Å²) in [5.41, 5.74) is 0.665. The maximum Gasteiger partial charge on any atom is 0.349 e. The summed E-state index contributed by atoms with van der Waals surface area (Å²) in [6.45, 7) is 3.20. The molecule has 0 spiro atoms. The number of hydrogen-bond acceptors (Lipinski definition) is 5. The smallest absolute Gasteiger partial charge is 0.349 e. The lowest BCUT2D eigenvalue weighted by Crippen LogP contribution is -2.39. The molecule has 0 bridgehead atoms. The number of cyclic esters (lactones) is 1. The summed E-state index contributed by atoms with van der Waals surface area (Å²) < 4.78 is 16.1.